The molecule has 0 aliphatic carbocycles. The molecule has 6 nitrogen and oxygen atoms in total. The first kappa shape index (κ1) is 21.9. The van der Waals surface area contributed by atoms with Gasteiger partial charge in [-0.05, 0) is 18.2 Å². The third-order valence-corrected chi connectivity index (χ3v) is 4.30. The highest BCUT2D eigenvalue weighted by Gasteiger charge is 2.41. The van der Waals surface area contributed by atoms with Crippen molar-refractivity contribution in [2.75, 3.05) is 5.32 Å². The van der Waals surface area contributed by atoms with Gasteiger partial charge < -0.3 is 9.15 Å². The Morgan fingerprint density at radius 2 is 1.93 bits per heavy atom. The fourth-order valence-corrected chi connectivity index (χ4v) is 3.05. The van der Waals surface area contributed by atoms with E-state index in [1.807, 2.05) is 0 Å². The van der Waals surface area contributed by atoms with Gasteiger partial charge in [-0.1, -0.05) is 12.1 Å². The van der Waals surface area contributed by atoms with Gasteiger partial charge in [0.2, 0.25) is 10.9 Å². The lowest BCUT2D eigenvalue weighted by atomic mass is 10.1. The zero-order valence-corrected chi connectivity index (χ0v) is 15.8. The van der Waals surface area contributed by atoms with Crippen LogP contribution in [0.3, 0.4) is 0 Å². The van der Waals surface area contributed by atoms with Gasteiger partial charge in [-0.15, -0.1) is 24.8 Å². The summed E-state index contributed by atoms with van der Waals surface area (Å²) in [4.78, 5) is 16.1. The molecule has 0 fully saturated rings. The van der Waals surface area contributed by atoms with Crippen LogP contribution in [0, 0.1) is 0 Å². The normalized spacial score (nSPS) is 12.1. The summed E-state index contributed by atoms with van der Waals surface area (Å²) in [6, 6.07) is 4.87. The number of rotatable bonds is 5. The van der Waals surface area contributed by atoms with Crippen LogP contribution in [0.2, 0.25) is 0 Å². The van der Waals surface area contributed by atoms with Crippen molar-refractivity contribution in [1.29, 1.82) is 0 Å². The topological polar surface area (TPSA) is 77.2 Å². The molecule has 0 unspecified atom stereocenters. The third-order valence-electron chi connectivity index (χ3n) is 3.39. The average molecular weight is 472 g/mol. The minimum atomic E-state index is -5.05. The van der Waals surface area contributed by atoms with Crippen LogP contribution >= 0.6 is 23.1 Å². The molecule has 3 aromatic rings. The molecule has 0 bridgehead atoms. The Labute approximate surface area is 172 Å². The van der Waals surface area contributed by atoms with E-state index in [-0.39, 0.29) is 22.4 Å². The van der Waals surface area contributed by atoms with Crippen molar-refractivity contribution in [2.24, 2.45) is 0 Å². The predicted octanol–water partition coefficient (Wildman–Crippen LogP) is 5.71. The molecule has 1 aromatic carbocycles. The number of anilines is 1. The molecule has 0 aliphatic heterocycles. The summed E-state index contributed by atoms with van der Waals surface area (Å²) in [5.74, 6) is -3.87. The van der Waals surface area contributed by atoms with Gasteiger partial charge in [0.15, 0.2) is 5.82 Å². The molecule has 0 atom stereocenters. The molecule has 0 saturated heterocycles. The minimum absolute atomic E-state index is 0.0631. The van der Waals surface area contributed by atoms with Gasteiger partial charge in [-0.2, -0.15) is 17.5 Å². The number of carbonyl (C=O) groups excluding carboxylic acids is 1. The van der Waals surface area contributed by atoms with E-state index in [4.69, 9.17) is 16.0 Å². The summed E-state index contributed by atoms with van der Waals surface area (Å²) in [5, 5.41) is 2.06. The largest absolute Gasteiger partial charge is 0.573 e. The number of nitrogens with one attached hydrogen (secondary N) is 1. The fraction of sp³-hybridized carbons (Fsp3) is 0.188. The summed E-state index contributed by atoms with van der Waals surface area (Å²) in [7, 11) is 0. The first-order valence-electron chi connectivity index (χ1n) is 7.73. The van der Waals surface area contributed by atoms with Gasteiger partial charge >= 0.3 is 12.5 Å². The number of aromatic nitrogens is 2. The van der Waals surface area contributed by atoms with Crippen LogP contribution in [0.4, 0.5) is 31.5 Å². The number of alkyl halides is 7. The number of benzene rings is 1. The standard InChI is InChI=1S/C16H8ClF6N3O3S/c17-6-11-24-14(30-26-11)25-13(27)9-5-10(28-12(9)15(18,19)20)7-2-1-3-8(4-7)29-16(21,22)23/h1-5H,6H2,(H,24,25,26,27). The van der Waals surface area contributed by atoms with Crippen LogP contribution in [-0.4, -0.2) is 21.6 Å². The van der Waals surface area contributed by atoms with Crippen molar-refractivity contribution >= 4 is 34.2 Å². The van der Waals surface area contributed by atoms with Gasteiger partial charge in [0.05, 0.1) is 11.4 Å². The van der Waals surface area contributed by atoms with E-state index in [1.54, 1.807) is 0 Å². The van der Waals surface area contributed by atoms with E-state index in [2.05, 4.69) is 19.4 Å². The summed E-state index contributed by atoms with van der Waals surface area (Å²) < 4.78 is 89.4. The molecule has 0 saturated carbocycles. The second-order valence-electron chi connectivity index (χ2n) is 5.53. The van der Waals surface area contributed by atoms with Crippen LogP contribution in [0.5, 0.6) is 5.75 Å². The molecule has 160 valence electrons. The SMILES string of the molecule is O=C(Nc1nc(CCl)ns1)c1cc(-c2cccc(OC(F)(F)F)c2)oc1C(F)(F)F. The van der Waals surface area contributed by atoms with E-state index in [9.17, 15) is 31.1 Å². The highest BCUT2D eigenvalue weighted by atomic mass is 35.5. The van der Waals surface area contributed by atoms with Crippen molar-refractivity contribution in [3.05, 3.63) is 47.5 Å². The highest BCUT2D eigenvalue weighted by Crippen LogP contribution is 2.38. The highest BCUT2D eigenvalue weighted by molar-refractivity contribution is 7.09. The second-order valence-corrected chi connectivity index (χ2v) is 6.55. The lowest BCUT2D eigenvalue weighted by Gasteiger charge is -2.09. The minimum Gasteiger partial charge on any atom is -0.451 e. The number of furan rings is 1. The Morgan fingerprint density at radius 3 is 2.53 bits per heavy atom. The monoisotopic (exact) mass is 471 g/mol. The first-order valence-corrected chi connectivity index (χ1v) is 9.04. The van der Waals surface area contributed by atoms with Crippen LogP contribution < -0.4 is 10.1 Å². The molecule has 1 N–H and O–H groups in total. The molecule has 0 spiro atoms. The van der Waals surface area contributed by atoms with Crippen LogP contribution in [0.15, 0.2) is 34.7 Å². The Bertz CT molecular complexity index is 1060. The predicted molar refractivity (Wildman–Crippen MR) is 93.2 cm³/mol. The van der Waals surface area contributed by atoms with Gasteiger partial charge in [-0.3, -0.25) is 10.1 Å². The maximum absolute atomic E-state index is 13.3. The fourth-order valence-electron chi connectivity index (χ4n) is 2.28. The van der Waals surface area contributed by atoms with Crippen LogP contribution in [0.1, 0.15) is 21.9 Å². The van der Waals surface area contributed by atoms with Crippen molar-refractivity contribution in [2.45, 2.75) is 18.4 Å². The third kappa shape index (κ3) is 5.21. The number of amides is 1. The van der Waals surface area contributed by atoms with E-state index >= 15 is 0 Å². The number of hydrogen-bond acceptors (Lipinski definition) is 6. The van der Waals surface area contributed by atoms with Gasteiger partial charge in [0.25, 0.3) is 5.91 Å². The van der Waals surface area contributed by atoms with Crippen molar-refractivity contribution < 1.29 is 40.3 Å². The number of ether oxygens (including phenoxy) is 1. The van der Waals surface area contributed by atoms with E-state index in [0.717, 1.165) is 24.3 Å². The molecular weight excluding hydrogens is 464 g/mol. The van der Waals surface area contributed by atoms with Gasteiger partial charge in [0.1, 0.15) is 11.5 Å². The molecule has 1 amide bonds. The molecule has 0 radical (unpaired) electrons. The summed E-state index contributed by atoms with van der Waals surface area (Å²) >= 11 is 6.24. The van der Waals surface area contributed by atoms with Crippen LogP contribution in [0.25, 0.3) is 11.3 Å². The van der Waals surface area contributed by atoms with Crippen molar-refractivity contribution in [1.82, 2.24) is 9.36 Å². The maximum Gasteiger partial charge on any atom is 0.573 e. The maximum atomic E-state index is 13.3. The quantitative estimate of drug-likeness (QED) is 0.381. The zero-order chi connectivity index (χ0) is 22.1. The summed E-state index contributed by atoms with van der Waals surface area (Å²) in [5.41, 5.74) is -1.05. The number of nitrogens with zero attached hydrogens (tertiary/aromatic N) is 2. The number of hydrogen-bond donors (Lipinski definition) is 1. The Kier molecular flexibility index (Phi) is 5.94. The lowest BCUT2D eigenvalue weighted by Crippen LogP contribution is -2.17. The first-order chi connectivity index (χ1) is 14.0. The smallest absolute Gasteiger partial charge is 0.451 e. The molecule has 0 aliphatic rings. The second kappa shape index (κ2) is 8.14. The van der Waals surface area contributed by atoms with Gasteiger partial charge in [-0.25, -0.2) is 4.98 Å². The van der Waals surface area contributed by atoms with Gasteiger partial charge in [0, 0.05) is 17.1 Å². The summed E-state index contributed by atoms with van der Waals surface area (Å²) in [6.45, 7) is 0. The molecule has 2 aromatic heterocycles. The average Bonchev–Trinajstić information content (AvgIpc) is 3.27. The molecule has 14 heteroatoms. The Morgan fingerprint density at radius 1 is 1.20 bits per heavy atom. The zero-order valence-electron chi connectivity index (χ0n) is 14.3. The lowest BCUT2D eigenvalue weighted by molar-refractivity contribution is -0.274. The van der Waals surface area contributed by atoms with E-state index < -0.39 is 41.3 Å². The van der Waals surface area contributed by atoms with Crippen molar-refractivity contribution in [3.63, 3.8) is 0 Å². The Hall–Kier alpha value is -2.80. The molecule has 2 heterocycles. The van der Waals surface area contributed by atoms with E-state index in [0.29, 0.717) is 11.5 Å². The van der Waals surface area contributed by atoms with E-state index in [1.165, 1.54) is 6.07 Å². The van der Waals surface area contributed by atoms with Crippen molar-refractivity contribution in [3.8, 4) is 17.1 Å². The molecule has 30 heavy (non-hydrogen) atoms. The molecular formula is C16H8ClF6N3O3S. The molecule has 3 rings (SSSR count). The number of halogens is 7. The number of carbonyl (C=O) groups is 1. The summed E-state index contributed by atoms with van der Waals surface area (Å²) in [6.07, 6.45) is -10.0. The van der Waals surface area contributed by atoms with Crippen LogP contribution in [-0.2, 0) is 12.1 Å². The Balaban J connectivity index is 1.95.